The molecule has 0 fully saturated rings. The van der Waals surface area contributed by atoms with Gasteiger partial charge in [-0.25, -0.2) is 0 Å². The molecule has 90 valence electrons. The SMILES string of the molecule is COc1ccc(C(O)c2ccc(Cl)s2)cc1Br. The van der Waals surface area contributed by atoms with Crippen LogP contribution in [-0.4, -0.2) is 12.2 Å². The molecular formula is C12H10BrClO2S. The normalized spacial score (nSPS) is 12.5. The molecular weight excluding hydrogens is 324 g/mol. The van der Waals surface area contributed by atoms with Crippen LogP contribution < -0.4 is 4.74 Å². The minimum Gasteiger partial charge on any atom is -0.496 e. The third-order valence-electron chi connectivity index (χ3n) is 2.36. The third kappa shape index (κ3) is 2.83. The zero-order chi connectivity index (χ0) is 12.4. The molecule has 1 aromatic heterocycles. The van der Waals surface area contributed by atoms with Gasteiger partial charge in [0.2, 0.25) is 0 Å². The van der Waals surface area contributed by atoms with Crippen molar-refractivity contribution in [3.05, 3.63) is 49.6 Å². The molecule has 0 amide bonds. The van der Waals surface area contributed by atoms with Crippen molar-refractivity contribution in [3.8, 4) is 5.75 Å². The van der Waals surface area contributed by atoms with E-state index in [1.807, 2.05) is 24.3 Å². The Labute approximate surface area is 117 Å². The molecule has 0 aliphatic carbocycles. The lowest BCUT2D eigenvalue weighted by molar-refractivity contribution is 0.224. The zero-order valence-electron chi connectivity index (χ0n) is 8.98. The van der Waals surface area contributed by atoms with Gasteiger partial charge in [-0.1, -0.05) is 17.7 Å². The van der Waals surface area contributed by atoms with E-state index in [4.69, 9.17) is 16.3 Å². The van der Waals surface area contributed by atoms with E-state index in [2.05, 4.69) is 15.9 Å². The fraction of sp³-hybridized carbons (Fsp3) is 0.167. The van der Waals surface area contributed by atoms with Crippen molar-refractivity contribution in [2.45, 2.75) is 6.10 Å². The summed E-state index contributed by atoms with van der Waals surface area (Å²) in [5.41, 5.74) is 0.802. The minimum absolute atomic E-state index is 0.658. The summed E-state index contributed by atoms with van der Waals surface area (Å²) in [6.07, 6.45) is -0.658. The first-order valence-electron chi connectivity index (χ1n) is 4.88. The molecule has 0 aliphatic rings. The van der Waals surface area contributed by atoms with Crippen molar-refractivity contribution in [2.24, 2.45) is 0 Å². The van der Waals surface area contributed by atoms with Gasteiger partial charge in [0, 0.05) is 4.88 Å². The summed E-state index contributed by atoms with van der Waals surface area (Å²) in [5, 5.41) is 10.2. The van der Waals surface area contributed by atoms with Crippen LogP contribution in [0.2, 0.25) is 4.34 Å². The molecule has 0 radical (unpaired) electrons. The summed E-state index contributed by atoms with van der Waals surface area (Å²) in [4.78, 5) is 0.826. The van der Waals surface area contributed by atoms with E-state index in [1.165, 1.54) is 11.3 Å². The molecule has 0 aliphatic heterocycles. The molecule has 1 aromatic carbocycles. The Bertz CT molecular complexity index is 527. The molecule has 1 atom stereocenters. The third-order valence-corrected chi connectivity index (χ3v) is 4.26. The highest BCUT2D eigenvalue weighted by molar-refractivity contribution is 9.10. The second-order valence-corrected chi connectivity index (χ2v) is 6.04. The smallest absolute Gasteiger partial charge is 0.133 e. The standard InChI is InChI=1S/C12H10BrClO2S/c1-16-9-3-2-7(6-8(9)13)12(15)10-4-5-11(14)17-10/h2-6,12,15H,1H3. The van der Waals surface area contributed by atoms with E-state index >= 15 is 0 Å². The topological polar surface area (TPSA) is 29.5 Å². The van der Waals surface area contributed by atoms with E-state index < -0.39 is 6.10 Å². The molecule has 5 heteroatoms. The summed E-state index contributed by atoms with van der Waals surface area (Å²) < 4.78 is 6.63. The number of thiophene rings is 1. The van der Waals surface area contributed by atoms with Crippen LogP contribution in [0.25, 0.3) is 0 Å². The monoisotopic (exact) mass is 332 g/mol. The highest BCUT2D eigenvalue weighted by Gasteiger charge is 2.14. The number of benzene rings is 1. The van der Waals surface area contributed by atoms with Crippen molar-refractivity contribution in [1.82, 2.24) is 0 Å². The van der Waals surface area contributed by atoms with Crippen molar-refractivity contribution in [3.63, 3.8) is 0 Å². The van der Waals surface area contributed by atoms with Crippen molar-refractivity contribution in [2.75, 3.05) is 7.11 Å². The number of ether oxygens (including phenoxy) is 1. The van der Waals surface area contributed by atoms with Crippen LogP contribution in [-0.2, 0) is 0 Å². The molecule has 2 aromatic rings. The molecule has 1 heterocycles. The molecule has 0 saturated heterocycles. The Morgan fingerprint density at radius 2 is 2.12 bits per heavy atom. The van der Waals surface area contributed by atoms with Gasteiger partial charge in [-0.3, -0.25) is 0 Å². The van der Waals surface area contributed by atoms with Crippen molar-refractivity contribution in [1.29, 1.82) is 0 Å². The van der Waals surface area contributed by atoms with Gasteiger partial charge in [-0.2, -0.15) is 0 Å². The van der Waals surface area contributed by atoms with E-state index in [0.717, 1.165) is 20.7 Å². The lowest BCUT2D eigenvalue weighted by Gasteiger charge is -2.11. The van der Waals surface area contributed by atoms with E-state index in [1.54, 1.807) is 13.2 Å². The molecule has 1 unspecified atom stereocenters. The highest BCUT2D eigenvalue weighted by Crippen LogP contribution is 2.34. The van der Waals surface area contributed by atoms with E-state index in [-0.39, 0.29) is 0 Å². The van der Waals surface area contributed by atoms with Gasteiger partial charge in [-0.15, -0.1) is 11.3 Å². The van der Waals surface area contributed by atoms with Crippen LogP contribution in [0.3, 0.4) is 0 Å². The van der Waals surface area contributed by atoms with Crippen LogP contribution in [0.5, 0.6) is 5.75 Å². The van der Waals surface area contributed by atoms with Crippen LogP contribution >= 0.6 is 38.9 Å². The average molecular weight is 334 g/mol. The van der Waals surface area contributed by atoms with Gasteiger partial charge in [0.15, 0.2) is 0 Å². The van der Waals surface area contributed by atoms with Gasteiger partial charge in [0.25, 0.3) is 0 Å². The van der Waals surface area contributed by atoms with Crippen LogP contribution in [0.1, 0.15) is 16.5 Å². The minimum atomic E-state index is -0.658. The first-order valence-corrected chi connectivity index (χ1v) is 6.87. The Balaban J connectivity index is 2.31. The number of aliphatic hydroxyl groups is 1. The van der Waals surface area contributed by atoms with Crippen molar-refractivity contribution >= 4 is 38.9 Å². The van der Waals surface area contributed by atoms with Crippen molar-refractivity contribution < 1.29 is 9.84 Å². The molecule has 0 spiro atoms. The molecule has 2 nitrogen and oxygen atoms in total. The summed E-state index contributed by atoms with van der Waals surface area (Å²) in [6.45, 7) is 0. The summed E-state index contributed by atoms with van der Waals surface area (Å²) in [5.74, 6) is 0.741. The van der Waals surface area contributed by atoms with Crippen LogP contribution in [0, 0.1) is 0 Å². The summed E-state index contributed by atoms with van der Waals surface area (Å²) in [6, 6.07) is 9.11. The van der Waals surface area contributed by atoms with Crippen LogP contribution in [0.15, 0.2) is 34.8 Å². The predicted octanol–water partition coefficient (Wildman–Crippen LogP) is 4.25. The Kier molecular flexibility index (Phi) is 4.09. The molecule has 1 N–H and O–H groups in total. The number of halogens is 2. The lowest BCUT2D eigenvalue weighted by Crippen LogP contribution is -1.97. The largest absolute Gasteiger partial charge is 0.496 e. The lowest BCUT2D eigenvalue weighted by atomic mass is 10.1. The molecule has 2 rings (SSSR count). The zero-order valence-corrected chi connectivity index (χ0v) is 12.1. The fourth-order valence-corrected chi connectivity index (χ4v) is 3.13. The van der Waals surface area contributed by atoms with Gasteiger partial charge in [0.1, 0.15) is 11.9 Å². The highest BCUT2D eigenvalue weighted by atomic mass is 79.9. The maximum Gasteiger partial charge on any atom is 0.133 e. The van der Waals surface area contributed by atoms with Gasteiger partial charge < -0.3 is 9.84 Å². The molecule has 0 bridgehead atoms. The number of aliphatic hydroxyl groups excluding tert-OH is 1. The molecule has 17 heavy (non-hydrogen) atoms. The number of hydrogen-bond donors (Lipinski definition) is 1. The summed E-state index contributed by atoms with van der Waals surface area (Å²) >= 11 is 10.6. The predicted molar refractivity (Wildman–Crippen MR) is 74.1 cm³/mol. The second-order valence-electron chi connectivity index (χ2n) is 3.44. The maximum atomic E-state index is 10.2. The number of hydrogen-bond acceptors (Lipinski definition) is 3. The van der Waals surface area contributed by atoms with Crippen LogP contribution in [0.4, 0.5) is 0 Å². The maximum absolute atomic E-state index is 10.2. The quantitative estimate of drug-likeness (QED) is 0.909. The first kappa shape index (κ1) is 12.9. The first-order chi connectivity index (χ1) is 8.11. The summed E-state index contributed by atoms with van der Waals surface area (Å²) in [7, 11) is 1.61. The second kappa shape index (κ2) is 5.40. The number of rotatable bonds is 3. The Hall–Kier alpha value is -0.550. The fourth-order valence-electron chi connectivity index (χ4n) is 1.49. The van der Waals surface area contributed by atoms with Gasteiger partial charge >= 0.3 is 0 Å². The Morgan fingerprint density at radius 3 is 2.65 bits per heavy atom. The number of methoxy groups -OCH3 is 1. The average Bonchev–Trinajstić information content (AvgIpc) is 2.75. The Morgan fingerprint density at radius 1 is 1.35 bits per heavy atom. The van der Waals surface area contributed by atoms with Gasteiger partial charge in [-0.05, 0) is 45.8 Å². The van der Waals surface area contributed by atoms with E-state index in [0.29, 0.717) is 4.34 Å². The van der Waals surface area contributed by atoms with Gasteiger partial charge in [0.05, 0.1) is 15.9 Å². The van der Waals surface area contributed by atoms with E-state index in [9.17, 15) is 5.11 Å². The molecule has 0 saturated carbocycles.